The number of hydrogen-bond acceptors (Lipinski definition) is 11. The molecule has 0 bridgehead atoms. The van der Waals surface area contributed by atoms with Gasteiger partial charge in [-0.25, -0.2) is 9.97 Å². The first-order valence-corrected chi connectivity index (χ1v) is 28.6. The number of unbranched alkanes of at least 4 members (excludes halogenated alkanes) is 31. The summed E-state index contributed by atoms with van der Waals surface area (Å²) in [6.45, 7) is 4.57. The minimum absolute atomic E-state index is 0.0234. The molecule has 368 valence electrons. The Hall–Kier alpha value is -2.54. The predicted molar refractivity (Wildman–Crippen MR) is 270 cm³/mol. The molecule has 0 aliphatic carbocycles. The summed E-state index contributed by atoms with van der Waals surface area (Å²) in [6, 6.07) is -0.541. The number of aromatic nitrogens is 4. The molecule has 11 nitrogen and oxygen atoms in total. The molecule has 13 heteroatoms. The highest BCUT2D eigenvalue weighted by molar-refractivity contribution is 8.76. The van der Waals surface area contributed by atoms with Gasteiger partial charge in [0.2, 0.25) is 11.9 Å². The number of fused-ring (bicyclic) bond motifs is 1. The van der Waals surface area contributed by atoms with E-state index in [2.05, 4.69) is 39.1 Å². The van der Waals surface area contributed by atoms with E-state index in [1.165, 1.54) is 148 Å². The Morgan fingerprint density at radius 1 is 0.562 bits per heavy atom. The van der Waals surface area contributed by atoms with Crippen LogP contribution in [0.4, 0.5) is 5.95 Å². The van der Waals surface area contributed by atoms with Crippen LogP contribution in [0.1, 0.15) is 251 Å². The fourth-order valence-corrected chi connectivity index (χ4v) is 10.2. The van der Waals surface area contributed by atoms with Crippen molar-refractivity contribution in [2.24, 2.45) is 0 Å². The molecule has 0 aliphatic rings. The number of hydrogen-bond donors (Lipinski definition) is 3. The lowest BCUT2D eigenvalue weighted by Crippen LogP contribution is -2.42. The van der Waals surface area contributed by atoms with Crippen molar-refractivity contribution in [1.29, 1.82) is 0 Å². The van der Waals surface area contributed by atoms with Crippen molar-refractivity contribution in [3.05, 3.63) is 6.33 Å². The molecular weight excluding hydrogens is 841 g/mol. The smallest absolute Gasteiger partial charge is 0.305 e. The lowest BCUT2D eigenvalue weighted by atomic mass is 10.0. The zero-order chi connectivity index (χ0) is 46.0. The lowest BCUT2D eigenvalue weighted by Gasteiger charge is -2.19. The third-order valence-corrected chi connectivity index (χ3v) is 14.4. The minimum atomic E-state index is -0.541. The second kappa shape index (κ2) is 41.9. The van der Waals surface area contributed by atoms with Crippen LogP contribution in [0, 0.1) is 0 Å². The van der Waals surface area contributed by atoms with Gasteiger partial charge in [0.05, 0.1) is 12.4 Å². The molecule has 0 aromatic carbocycles. The number of aromatic amines is 1. The van der Waals surface area contributed by atoms with Gasteiger partial charge in [0.15, 0.2) is 5.65 Å². The van der Waals surface area contributed by atoms with Crippen LogP contribution < -0.4 is 11.1 Å². The quantitative estimate of drug-likeness (QED) is 0.0251. The Balaban J connectivity index is 1.57. The normalized spacial score (nSPS) is 11.5. The highest BCUT2D eigenvalue weighted by Crippen LogP contribution is 2.34. The van der Waals surface area contributed by atoms with Crippen LogP contribution in [-0.2, 0) is 23.9 Å². The van der Waals surface area contributed by atoms with Crippen LogP contribution in [-0.4, -0.2) is 62.8 Å². The third kappa shape index (κ3) is 33.0. The van der Waals surface area contributed by atoms with Crippen molar-refractivity contribution in [2.75, 3.05) is 24.7 Å². The maximum atomic E-state index is 13.0. The third-order valence-electron chi connectivity index (χ3n) is 12.0. The number of ether oxygens (including phenoxy) is 2. The predicted octanol–water partition coefficient (Wildman–Crippen LogP) is 14.7. The number of carbonyl (C=O) groups excluding carboxylic acids is 3. The second-order valence-electron chi connectivity index (χ2n) is 18.1. The molecule has 4 N–H and O–H groups in total. The number of imidazole rings is 1. The fourth-order valence-electron chi connectivity index (χ4n) is 8.02. The van der Waals surface area contributed by atoms with Gasteiger partial charge in [-0.1, -0.05) is 217 Å². The Morgan fingerprint density at radius 3 is 1.39 bits per heavy atom. The molecule has 2 heterocycles. The summed E-state index contributed by atoms with van der Waals surface area (Å²) in [5.41, 5.74) is 7.25. The van der Waals surface area contributed by atoms with Gasteiger partial charge in [-0.05, 0) is 36.5 Å². The van der Waals surface area contributed by atoms with Crippen molar-refractivity contribution in [2.45, 2.75) is 262 Å². The zero-order valence-corrected chi connectivity index (χ0v) is 42.3. The van der Waals surface area contributed by atoms with Gasteiger partial charge in [0.25, 0.3) is 0 Å². The standard InChI is InChI=1S/C51H92N6O5S2/c1-3-5-7-9-11-13-15-17-19-21-26-30-34-38-46(59)61-41-44(42-62-47(60)39-35-31-27-22-20-18-16-14-12-10-8-6-4-2)55-45(58)37-33-29-25-23-24-28-32-36-40-63-64-50-48-49(54-43-53-48)56-51(52)57-50/h43-44H,3-42H2,1-2H3,(H,55,58)(H3,52,53,54,56,57). The zero-order valence-electron chi connectivity index (χ0n) is 40.7. The first-order chi connectivity index (χ1) is 31.4. The molecule has 0 saturated carbocycles. The van der Waals surface area contributed by atoms with Gasteiger partial charge in [-0.15, -0.1) is 0 Å². The number of esters is 2. The van der Waals surface area contributed by atoms with E-state index in [1.807, 2.05) is 0 Å². The monoisotopic (exact) mass is 933 g/mol. The Morgan fingerprint density at radius 2 is 0.953 bits per heavy atom. The number of H-pyrrole nitrogens is 1. The molecule has 2 aromatic heterocycles. The number of nitrogens with zero attached hydrogens (tertiary/aromatic N) is 3. The Labute approximate surface area is 397 Å². The van der Waals surface area contributed by atoms with Crippen LogP contribution in [0.25, 0.3) is 11.2 Å². The van der Waals surface area contributed by atoms with Crippen LogP contribution in [0.2, 0.25) is 0 Å². The Kier molecular flexibility index (Phi) is 37.7. The fraction of sp³-hybridized carbons (Fsp3) is 0.843. The van der Waals surface area contributed by atoms with Crippen LogP contribution in [0.3, 0.4) is 0 Å². The topological polar surface area (TPSA) is 162 Å². The molecule has 0 spiro atoms. The number of rotatable bonds is 46. The van der Waals surface area contributed by atoms with E-state index in [4.69, 9.17) is 15.2 Å². The van der Waals surface area contributed by atoms with Crippen molar-refractivity contribution < 1.29 is 23.9 Å². The average Bonchev–Trinajstić information content (AvgIpc) is 3.77. The summed E-state index contributed by atoms with van der Waals surface area (Å²) < 4.78 is 11.2. The molecule has 0 atom stereocenters. The van der Waals surface area contributed by atoms with Crippen molar-refractivity contribution in [1.82, 2.24) is 25.3 Å². The van der Waals surface area contributed by atoms with E-state index in [1.54, 1.807) is 27.9 Å². The molecule has 0 fully saturated rings. The number of nitrogens with one attached hydrogen (secondary N) is 2. The first-order valence-electron chi connectivity index (χ1n) is 26.3. The average molecular weight is 933 g/mol. The van der Waals surface area contributed by atoms with E-state index in [0.717, 1.165) is 86.9 Å². The SMILES string of the molecule is CCCCCCCCCCCCCCCC(=O)OCC(COC(=O)CCCCCCCCCCCCCCC)NC(=O)CCCCCCCCCCSSc1nc(N)nc2nc[nH]c12. The van der Waals surface area contributed by atoms with Gasteiger partial charge in [-0.3, -0.25) is 14.4 Å². The number of amides is 1. The molecule has 0 unspecified atom stereocenters. The van der Waals surface area contributed by atoms with Gasteiger partial charge in [0.1, 0.15) is 23.8 Å². The van der Waals surface area contributed by atoms with E-state index in [9.17, 15) is 14.4 Å². The summed E-state index contributed by atoms with van der Waals surface area (Å²) in [5.74, 6) is 0.702. The van der Waals surface area contributed by atoms with Crippen molar-refractivity contribution in [3.8, 4) is 0 Å². The van der Waals surface area contributed by atoms with Gasteiger partial charge in [0, 0.05) is 25.0 Å². The highest BCUT2D eigenvalue weighted by atomic mass is 33.1. The molecule has 0 saturated heterocycles. The molecule has 0 radical (unpaired) electrons. The summed E-state index contributed by atoms with van der Waals surface area (Å²) in [5, 5.41) is 3.83. The van der Waals surface area contributed by atoms with E-state index in [-0.39, 0.29) is 37.0 Å². The largest absolute Gasteiger partial charge is 0.463 e. The molecule has 2 rings (SSSR count). The number of nitrogen functional groups attached to an aromatic ring is 1. The summed E-state index contributed by atoms with van der Waals surface area (Å²) in [6.07, 6.45) is 44.2. The highest BCUT2D eigenvalue weighted by Gasteiger charge is 2.18. The van der Waals surface area contributed by atoms with Crippen LogP contribution in [0.5, 0.6) is 0 Å². The minimum Gasteiger partial charge on any atom is -0.463 e. The van der Waals surface area contributed by atoms with Gasteiger partial charge < -0.3 is 25.5 Å². The number of carbonyl (C=O) groups is 3. The summed E-state index contributed by atoms with van der Waals surface area (Å²) >= 11 is 0. The second-order valence-corrected chi connectivity index (χ2v) is 20.5. The first kappa shape index (κ1) is 57.6. The van der Waals surface area contributed by atoms with Crippen LogP contribution >= 0.6 is 21.6 Å². The molecule has 1 amide bonds. The number of nitrogens with two attached hydrogens (primary N) is 1. The van der Waals surface area contributed by atoms with E-state index < -0.39 is 6.04 Å². The molecular formula is C51H92N6O5S2. The van der Waals surface area contributed by atoms with Crippen molar-refractivity contribution >= 4 is 56.5 Å². The molecule has 64 heavy (non-hydrogen) atoms. The summed E-state index contributed by atoms with van der Waals surface area (Å²) in [4.78, 5) is 54.0. The van der Waals surface area contributed by atoms with Crippen molar-refractivity contribution in [3.63, 3.8) is 0 Å². The van der Waals surface area contributed by atoms with E-state index in [0.29, 0.717) is 24.9 Å². The maximum Gasteiger partial charge on any atom is 0.305 e. The van der Waals surface area contributed by atoms with Gasteiger partial charge in [-0.2, -0.15) is 4.98 Å². The molecule has 2 aromatic rings. The lowest BCUT2D eigenvalue weighted by molar-refractivity contribution is -0.149. The van der Waals surface area contributed by atoms with Crippen LogP contribution in [0.15, 0.2) is 11.4 Å². The van der Waals surface area contributed by atoms with Gasteiger partial charge >= 0.3 is 11.9 Å². The maximum absolute atomic E-state index is 13.0. The number of anilines is 1. The summed E-state index contributed by atoms with van der Waals surface area (Å²) in [7, 11) is 3.39. The Bertz CT molecular complexity index is 1390. The molecule has 0 aliphatic heterocycles. The van der Waals surface area contributed by atoms with E-state index >= 15 is 0 Å².